The molecule has 0 spiro atoms. The van der Waals surface area contributed by atoms with Crippen molar-refractivity contribution in [2.75, 3.05) is 36.6 Å². The van der Waals surface area contributed by atoms with Crippen LogP contribution in [0.3, 0.4) is 0 Å². The molecular weight excluding hydrogens is 589 g/mol. The van der Waals surface area contributed by atoms with Crippen molar-refractivity contribution in [1.82, 2.24) is 19.7 Å². The number of halogens is 3. The molecule has 0 saturated carbocycles. The van der Waals surface area contributed by atoms with Crippen LogP contribution in [0.15, 0.2) is 42.7 Å². The van der Waals surface area contributed by atoms with Crippen LogP contribution in [0.5, 0.6) is 5.88 Å². The lowest BCUT2D eigenvalue weighted by Gasteiger charge is -2.44. The Balaban J connectivity index is 1.40. The van der Waals surface area contributed by atoms with E-state index in [4.69, 9.17) is 9.47 Å². The van der Waals surface area contributed by atoms with Crippen molar-refractivity contribution in [2.45, 2.75) is 77.5 Å². The molecule has 0 radical (unpaired) electrons. The van der Waals surface area contributed by atoms with Crippen molar-refractivity contribution in [1.29, 1.82) is 0 Å². The number of nitrogens with zero attached hydrogens (tertiary/aromatic N) is 6. The molecule has 238 valence electrons. The lowest BCUT2D eigenvalue weighted by Crippen LogP contribution is -2.54. The normalized spacial score (nSPS) is 16.5. The van der Waals surface area contributed by atoms with Crippen LogP contribution in [-0.4, -0.2) is 66.6 Å². The summed E-state index contributed by atoms with van der Waals surface area (Å²) in [6.45, 7) is 11.1. The van der Waals surface area contributed by atoms with Gasteiger partial charge in [-0.15, -0.1) is 0 Å². The Morgan fingerprint density at radius 3 is 2.50 bits per heavy atom. The Kier molecular flexibility index (Phi) is 9.26. The molecule has 2 aliphatic rings. The van der Waals surface area contributed by atoms with Gasteiger partial charge in [-0.3, -0.25) is 4.90 Å². The molecule has 9 nitrogen and oxygen atoms in total. The van der Waals surface area contributed by atoms with Crippen molar-refractivity contribution < 1.29 is 27.4 Å². The molecule has 0 aliphatic carbocycles. The molecule has 2 aromatic heterocycles. The summed E-state index contributed by atoms with van der Waals surface area (Å²) in [7, 11) is 0.313. The first kappa shape index (κ1) is 31.8. The van der Waals surface area contributed by atoms with E-state index < -0.39 is 19.8 Å². The standard InChI is InChI=1S/C31H41F3N6O3Si/c1-22-10-13-35-29(42-2)28(22)37-14-11-24(12-15-37)38-20-27-26(18-36-40(27)21-43-16-17-44(3,4)5)39(30(38)41)19-23-8-6-7-9-25(23)31(32,33)34/h6-10,13,18,24H,11-12,14-17,19-21H2,1-5H3. The molecule has 2 amide bonds. The van der Waals surface area contributed by atoms with Crippen LogP contribution < -0.4 is 14.5 Å². The van der Waals surface area contributed by atoms with Gasteiger partial charge in [0.25, 0.3) is 0 Å². The van der Waals surface area contributed by atoms with E-state index in [1.54, 1.807) is 35.2 Å². The molecule has 0 atom stereocenters. The Hall–Kier alpha value is -3.58. The number of pyridine rings is 1. The topological polar surface area (TPSA) is 76.0 Å². The third-order valence-corrected chi connectivity index (χ3v) is 10.1. The number of aromatic nitrogens is 3. The largest absolute Gasteiger partial charge is 0.480 e. The number of benzene rings is 1. The summed E-state index contributed by atoms with van der Waals surface area (Å²) in [4.78, 5) is 23.9. The highest BCUT2D eigenvalue weighted by atomic mass is 28.3. The van der Waals surface area contributed by atoms with Gasteiger partial charge in [-0.25, -0.2) is 14.5 Å². The zero-order chi connectivity index (χ0) is 31.6. The smallest absolute Gasteiger partial charge is 0.416 e. The van der Waals surface area contributed by atoms with E-state index in [0.29, 0.717) is 50.7 Å². The fourth-order valence-electron chi connectivity index (χ4n) is 5.92. The first-order valence-electron chi connectivity index (χ1n) is 15.0. The summed E-state index contributed by atoms with van der Waals surface area (Å²) >= 11 is 0. The molecule has 4 heterocycles. The molecule has 44 heavy (non-hydrogen) atoms. The molecule has 1 saturated heterocycles. The van der Waals surface area contributed by atoms with Gasteiger partial charge in [-0.05, 0) is 49.1 Å². The average molecular weight is 631 g/mol. The number of carbonyl (C=O) groups excluding carboxylic acids is 1. The molecule has 13 heteroatoms. The molecule has 3 aromatic rings. The number of hydrogen-bond donors (Lipinski definition) is 0. The van der Waals surface area contributed by atoms with E-state index in [0.717, 1.165) is 29.1 Å². The van der Waals surface area contributed by atoms with Crippen LogP contribution in [-0.2, 0) is 30.7 Å². The molecule has 0 bridgehead atoms. The number of anilines is 2. The zero-order valence-corrected chi connectivity index (χ0v) is 27.0. The molecule has 2 aliphatic heterocycles. The van der Waals surface area contributed by atoms with Gasteiger partial charge in [0, 0.05) is 40.0 Å². The maximum absolute atomic E-state index is 14.1. The quantitative estimate of drug-likeness (QED) is 0.187. The van der Waals surface area contributed by atoms with E-state index in [9.17, 15) is 18.0 Å². The highest BCUT2D eigenvalue weighted by molar-refractivity contribution is 6.76. The van der Waals surface area contributed by atoms with Gasteiger partial charge in [0.2, 0.25) is 5.88 Å². The number of rotatable bonds is 10. The Morgan fingerprint density at radius 1 is 1.09 bits per heavy atom. The number of urea groups is 1. The average Bonchev–Trinajstić information content (AvgIpc) is 3.38. The number of methoxy groups -OCH3 is 1. The summed E-state index contributed by atoms with van der Waals surface area (Å²) in [5.74, 6) is 0.565. The van der Waals surface area contributed by atoms with Gasteiger partial charge in [0.15, 0.2) is 0 Å². The predicted molar refractivity (Wildman–Crippen MR) is 166 cm³/mol. The van der Waals surface area contributed by atoms with Crippen molar-refractivity contribution in [2.24, 2.45) is 0 Å². The first-order chi connectivity index (χ1) is 20.9. The summed E-state index contributed by atoms with van der Waals surface area (Å²) in [6.07, 6.45) is 0.129. The number of carbonyl (C=O) groups is 1. The lowest BCUT2D eigenvalue weighted by molar-refractivity contribution is -0.138. The summed E-state index contributed by atoms with van der Waals surface area (Å²) in [6, 6.07) is 7.95. The number of hydrogen-bond acceptors (Lipinski definition) is 6. The number of alkyl halides is 3. The monoisotopic (exact) mass is 630 g/mol. The Bertz CT molecular complexity index is 1470. The number of amides is 2. The van der Waals surface area contributed by atoms with Crippen LogP contribution in [0, 0.1) is 6.92 Å². The zero-order valence-electron chi connectivity index (χ0n) is 26.0. The molecular formula is C31H41F3N6O3Si. The van der Waals surface area contributed by atoms with Gasteiger partial charge in [-0.2, -0.15) is 18.3 Å². The van der Waals surface area contributed by atoms with Gasteiger partial charge in [0.1, 0.15) is 12.4 Å². The van der Waals surface area contributed by atoms with Crippen molar-refractivity contribution in [3.8, 4) is 5.88 Å². The van der Waals surface area contributed by atoms with Crippen molar-refractivity contribution in [3.63, 3.8) is 0 Å². The van der Waals surface area contributed by atoms with Gasteiger partial charge in [-0.1, -0.05) is 37.8 Å². The van der Waals surface area contributed by atoms with Crippen LogP contribution in [0.1, 0.15) is 35.2 Å². The van der Waals surface area contributed by atoms with Gasteiger partial charge < -0.3 is 19.3 Å². The highest BCUT2D eigenvalue weighted by Gasteiger charge is 2.40. The lowest BCUT2D eigenvalue weighted by atomic mass is 10.0. The number of fused-ring (bicyclic) bond motifs is 1. The maximum Gasteiger partial charge on any atom is 0.416 e. The van der Waals surface area contributed by atoms with Crippen LogP contribution in [0.2, 0.25) is 25.7 Å². The molecule has 1 aromatic carbocycles. The minimum atomic E-state index is -4.54. The van der Waals surface area contributed by atoms with Crippen LogP contribution in [0.25, 0.3) is 0 Å². The minimum Gasteiger partial charge on any atom is -0.480 e. The van der Waals surface area contributed by atoms with Crippen LogP contribution >= 0.6 is 0 Å². The molecule has 0 N–H and O–H groups in total. The van der Waals surface area contributed by atoms with Crippen LogP contribution in [0.4, 0.5) is 29.3 Å². The highest BCUT2D eigenvalue weighted by Crippen LogP contribution is 2.38. The predicted octanol–water partition coefficient (Wildman–Crippen LogP) is 6.54. The first-order valence-corrected chi connectivity index (χ1v) is 18.7. The van der Waals surface area contributed by atoms with E-state index in [1.165, 1.54) is 17.0 Å². The molecule has 1 fully saturated rings. The Morgan fingerprint density at radius 2 is 1.82 bits per heavy atom. The van der Waals surface area contributed by atoms with Crippen molar-refractivity contribution in [3.05, 3.63) is 65.1 Å². The fourth-order valence-corrected chi connectivity index (χ4v) is 6.68. The summed E-state index contributed by atoms with van der Waals surface area (Å²) in [5, 5.41) is 4.52. The van der Waals surface area contributed by atoms with E-state index in [2.05, 4.69) is 34.6 Å². The second-order valence-electron chi connectivity index (χ2n) is 12.7. The maximum atomic E-state index is 14.1. The van der Waals surface area contributed by atoms with Gasteiger partial charge in [0.05, 0.1) is 43.3 Å². The van der Waals surface area contributed by atoms with Gasteiger partial charge >= 0.3 is 12.2 Å². The Labute approximate surface area is 257 Å². The van der Waals surface area contributed by atoms with Crippen molar-refractivity contribution >= 4 is 25.5 Å². The van der Waals surface area contributed by atoms with E-state index in [-0.39, 0.29) is 30.9 Å². The second kappa shape index (κ2) is 12.8. The number of aryl methyl sites for hydroxylation is 1. The minimum absolute atomic E-state index is 0.0363. The summed E-state index contributed by atoms with van der Waals surface area (Å²) < 4.78 is 55.0. The molecule has 5 rings (SSSR count). The fraction of sp³-hybridized carbons (Fsp3) is 0.516. The molecule has 0 unspecified atom stereocenters. The number of piperidine rings is 1. The van der Waals surface area contributed by atoms with E-state index >= 15 is 0 Å². The summed E-state index contributed by atoms with van der Waals surface area (Å²) in [5.41, 5.74) is 2.57. The van der Waals surface area contributed by atoms with E-state index in [1.807, 2.05) is 13.0 Å². The third kappa shape index (κ3) is 6.88. The number of ether oxygens (including phenoxy) is 2. The third-order valence-electron chi connectivity index (χ3n) is 8.38. The second-order valence-corrected chi connectivity index (χ2v) is 18.3. The SMILES string of the molecule is COc1nccc(C)c1N1CCC(N2Cc3c(cnn3COCC[Si](C)(C)C)N(Cc3ccccc3C(F)(F)F)C2=O)CC1.